The third-order valence-corrected chi connectivity index (χ3v) is 3.02. The van der Waals surface area contributed by atoms with Crippen molar-refractivity contribution in [2.75, 3.05) is 0 Å². The number of benzene rings is 1. The number of hydrogen-bond donors (Lipinski definition) is 1. The maximum atomic E-state index is 3.42. The first-order chi connectivity index (χ1) is 7.11. The molecule has 1 aromatic carbocycles. The third-order valence-electron chi connectivity index (χ3n) is 3.02. The molecule has 1 heteroatoms. The van der Waals surface area contributed by atoms with Crippen LogP contribution < -0.4 is 0 Å². The molecule has 0 saturated heterocycles. The van der Waals surface area contributed by atoms with Crippen LogP contribution in [0.3, 0.4) is 0 Å². The van der Waals surface area contributed by atoms with E-state index in [0.29, 0.717) is 11.8 Å². The van der Waals surface area contributed by atoms with Crippen LogP contribution in [-0.4, -0.2) is 4.98 Å². The highest BCUT2D eigenvalue weighted by Crippen LogP contribution is 2.30. The lowest BCUT2D eigenvalue weighted by atomic mass is 9.97. The number of H-pyrrole nitrogens is 1. The van der Waals surface area contributed by atoms with E-state index in [1.807, 2.05) is 0 Å². The van der Waals surface area contributed by atoms with Gasteiger partial charge in [-0.3, -0.25) is 0 Å². The first kappa shape index (κ1) is 10.3. The van der Waals surface area contributed by atoms with Gasteiger partial charge in [0.2, 0.25) is 0 Å². The molecule has 0 amide bonds. The Morgan fingerprint density at radius 2 is 1.60 bits per heavy atom. The molecule has 2 rings (SSSR count). The normalized spacial score (nSPS) is 11.9. The first-order valence-corrected chi connectivity index (χ1v) is 5.71. The summed E-state index contributed by atoms with van der Waals surface area (Å²) in [5.41, 5.74) is 4.16. The van der Waals surface area contributed by atoms with Crippen molar-refractivity contribution in [3.05, 3.63) is 35.5 Å². The zero-order valence-corrected chi connectivity index (χ0v) is 9.96. The molecule has 1 heterocycles. The molecular formula is C14H19N. The summed E-state index contributed by atoms with van der Waals surface area (Å²) in [7, 11) is 0. The molecule has 80 valence electrons. The predicted octanol–water partition coefficient (Wildman–Crippen LogP) is 4.41. The topological polar surface area (TPSA) is 15.8 Å². The first-order valence-electron chi connectivity index (χ1n) is 5.71. The van der Waals surface area contributed by atoms with E-state index in [2.05, 4.69) is 57.1 Å². The highest BCUT2D eigenvalue weighted by atomic mass is 14.7. The van der Waals surface area contributed by atoms with Gasteiger partial charge in [0.1, 0.15) is 0 Å². The summed E-state index contributed by atoms with van der Waals surface area (Å²) >= 11 is 0. The number of nitrogens with one attached hydrogen (secondary N) is 1. The van der Waals surface area contributed by atoms with Gasteiger partial charge in [0, 0.05) is 17.1 Å². The molecule has 0 fully saturated rings. The SMILES string of the molecule is CC(C)c1c[nH]c2c(C(C)C)cccc12. The van der Waals surface area contributed by atoms with E-state index in [0.717, 1.165) is 0 Å². The predicted molar refractivity (Wildman–Crippen MR) is 66.5 cm³/mol. The zero-order valence-electron chi connectivity index (χ0n) is 9.96. The van der Waals surface area contributed by atoms with Gasteiger partial charge in [-0.05, 0) is 23.0 Å². The Labute approximate surface area is 91.5 Å². The van der Waals surface area contributed by atoms with Crippen molar-refractivity contribution in [2.45, 2.75) is 39.5 Å². The molecule has 1 aromatic heterocycles. The molecule has 0 radical (unpaired) electrons. The van der Waals surface area contributed by atoms with E-state index in [4.69, 9.17) is 0 Å². The molecule has 1 nitrogen and oxygen atoms in total. The summed E-state index contributed by atoms with van der Waals surface area (Å²) in [4.78, 5) is 3.42. The van der Waals surface area contributed by atoms with Gasteiger partial charge in [-0.1, -0.05) is 45.9 Å². The molecular weight excluding hydrogens is 182 g/mol. The highest BCUT2D eigenvalue weighted by molar-refractivity contribution is 5.86. The maximum absolute atomic E-state index is 3.42. The van der Waals surface area contributed by atoms with E-state index >= 15 is 0 Å². The van der Waals surface area contributed by atoms with E-state index in [1.54, 1.807) is 0 Å². The molecule has 2 aromatic rings. The minimum absolute atomic E-state index is 0.576. The van der Waals surface area contributed by atoms with Crippen molar-refractivity contribution in [1.82, 2.24) is 4.98 Å². The van der Waals surface area contributed by atoms with Gasteiger partial charge in [0.25, 0.3) is 0 Å². The minimum Gasteiger partial charge on any atom is -0.361 e. The van der Waals surface area contributed by atoms with Gasteiger partial charge < -0.3 is 4.98 Å². The van der Waals surface area contributed by atoms with Crippen LogP contribution in [0.15, 0.2) is 24.4 Å². The third kappa shape index (κ3) is 1.67. The lowest BCUT2D eigenvalue weighted by Gasteiger charge is -2.08. The lowest BCUT2D eigenvalue weighted by Crippen LogP contribution is -1.89. The van der Waals surface area contributed by atoms with Gasteiger partial charge in [0.15, 0.2) is 0 Å². The van der Waals surface area contributed by atoms with Crippen LogP contribution in [0, 0.1) is 0 Å². The van der Waals surface area contributed by atoms with E-state index < -0.39 is 0 Å². The molecule has 0 aliphatic carbocycles. The van der Waals surface area contributed by atoms with E-state index in [9.17, 15) is 0 Å². The number of rotatable bonds is 2. The van der Waals surface area contributed by atoms with E-state index in [-0.39, 0.29) is 0 Å². The summed E-state index contributed by atoms with van der Waals surface area (Å²) in [6, 6.07) is 6.60. The highest BCUT2D eigenvalue weighted by Gasteiger charge is 2.11. The zero-order chi connectivity index (χ0) is 11.0. The van der Waals surface area contributed by atoms with Gasteiger partial charge >= 0.3 is 0 Å². The van der Waals surface area contributed by atoms with Crippen molar-refractivity contribution in [3.8, 4) is 0 Å². The van der Waals surface area contributed by atoms with Gasteiger partial charge in [-0.15, -0.1) is 0 Å². The van der Waals surface area contributed by atoms with Crippen molar-refractivity contribution >= 4 is 10.9 Å². The Morgan fingerprint density at radius 3 is 2.20 bits per heavy atom. The van der Waals surface area contributed by atoms with Crippen molar-refractivity contribution < 1.29 is 0 Å². The average molecular weight is 201 g/mol. The van der Waals surface area contributed by atoms with Crippen LogP contribution >= 0.6 is 0 Å². The fraction of sp³-hybridized carbons (Fsp3) is 0.429. The van der Waals surface area contributed by atoms with Crippen LogP contribution in [-0.2, 0) is 0 Å². The molecule has 0 unspecified atom stereocenters. The largest absolute Gasteiger partial charge is 0.361 e. The second-order valence-electron chi connectivity index (χ2n) is 4.82. The average Bonchev–Trinajstić information content (AvgIpc) is 2.59. The van der Waals surface area contributed by atoms with Crippen LogP contribution in [0.1, 0.15) is 50.7 Å². The van der Waals surface area contributed by atoms with Crippen molar-refractivity contribution in [3.63, 3.8) is 0 Å². The van der Waals surface area contributed by atoms with Gasteiger partial charge in [-0.25, -0.2) is 0 Å². The smallest absolute Gasteiger partial charge is 0.0492 e. The number of fused-ring (bicyclic) bond motifs is 1. The lowest BCUT2D eigenvalue weighted by molar-refractivity contribution is 0.873. The standard InChI is InChI=1S/C14H19N/c1-9(2)11-6-5-7-12-13(10(3)4)8-15-14(11)12/h5-10,15H,1-4H3. The second kappa shape index (κ2) is 3.73. The maximum Gasteiger partial charge on any atom is 0.0492 e. The van der Waals surface area contributed by atoms with Crippen LogP contribution in [0.2, 0.25) is 0 Å². The summed E-state index contributed by atoms with van der Waals surface area (Å²) in [5.74, 6) is 1.16. The van der Waals surface area contributed by atoms with Crippen molar-refractivity contribution in [1.29, 1.82) is 0 Å². The van der Waals surface area contributed by atoms with Crippen LogP contribution in [0.5, 0.6) is 0 Å². The van der Waals surface area contributed by atoms with E-state index in [1.165, 1.54) is 22.0 Å². The molecule has 0 saturated carbocycles. The quantitative estimate of drug-likeness (QED) is 0.740. The van der Waals surface area contributed by atoms with Gasteiger partial charge in [0.05, 0.1) is 0 Å². The summed E-state index contributed by atoms with van der Waals surface area (Å²) in [6.07, 6.45) is 2.15. The number of para-hydroxylation sites is 1. The monoisotopic (exact) mass is 201 g/mol. The number of aromatic nitrogens is 1. The Balaban J connectivity index is 2.69. The molecule has 0 aliphatic heterocycles. The van der Waals surface area contributed by atoms with Crippen LogP contribution in [0.25, 0.3) is 10.9 Å². The summed E-state index contributed by atoms with van der Waals surface area (Å²) < 4.78 is 0. The Bertz CT molecular complexity index is 463. The summed E-state index contributed by atoms with van der Waals surface area (Å²) in [6.45, 7) is 8.96. The molecule has 0 atom stereocenters. The van der Waals surface area contributed by atoms with Gasteiger partial charge in [-0.2, -0.15) is 0 Å². The minimum atomic E-state index is 0.576. The number of aromatic amines is 1. The fourth-order valence-electron chi connectivity index (χ4n) is 2.16. The Hall–Kier alpha value is -1.24. The summed E-state index contributed by atoms with van der Waals surface area (Å²) in [5, 5.41) is 1.39. The second-order valence-corrected chi connectivity index (χ2v) is 4.82. The fourth-order valence-corrected chi connectivity index (χ4v) is 2.16. The molecule has 15 heavy (non-hydrogen) atoms. The van der Waals surface area contributed by atoms with Crippen LogP contribution in [0.4, 0.5) is 0 Å². The molecule has 0 bridgehead atoms. The number of hydrogen-bond acceptors (Lipinski definition) is 0. The molecule has 1 N–H and O–H groups in total. The molecule has 0 aliphatic rings. The Morgan fingerprint density at radius 1 is 0.933 bits per heavy atom. The molecule has 0 spiro atoms. The van der Waals surface area contributed by atoms with Crippen molar-refractivity contribution in [2.24, 2.45) is 0 Å². The Kier molecular flexibility index (Phi) is 2.56.